The van der Waals surface area contributed by atoms with Gasteiger partial charge in [0.2, 0.25) is 0 Å². The zero-order valence-electron chi connectivity index (χ0n) is 5.93. The van der Waals surface area contributed by atoms with E-state index in [1.165, 1.54) is 0 Å². The van der Waals surface area contributed by atoms with Gasteiger partial charge in [-0.15, -0.1) is 0 Å². The fraction of sp³-hybridized carbons (Fsp3) is 1.00. The average Bonchev–Trinajstić information content (AvgIpc) is 1.89. The molecule has 0 aliphatic carbocycles. The van der Waals surface area contributed by atoms with E-state index >= 15 is 0 Å². The van der Waals surface area contributed by atoms with E-state index < -0.39 is 0 Å². The average molecular weight is 133 g/mol. The van der Waals surface area contributed by atoms with E-state index in [4.69, 9.17) is 15.2 Å². The molecule has 3 heteroatoms. The smallest absolute Gasteiger partial charge is 0.0941 e. The molecule has 3 nitrogen and oxygen atoms in total. The van der Waals surface area contributed by atoms with E-state index in [1.807, 2.05) is 0 Å². The van der Waals surface area contributed by atoms with Crippen LogP contribution in [0.15, 0.2) is 0 Å². The third-order valence-electron chi connectivity index (χ3n) is 0.838. The van der Waals surface area contributed by atoms with Crippen LogP contribution in [0.1, 0.15) is 13.3 Å². The molecule has 0 aromatic heterocycles. The summed E-state index contributed by atoms with van der Waals surface area (Å²) >= 11 is 0. The second kappa shape index (κ2) is 7.88. The first-order chi connectivity index (χ1) is 4.41. The number of nitrogens with two attached hydrogens (primary N) is 1. The van der Waals surface area contributed by atoms with Gasteiger partial charge in [-0.2, -0.15) is 0 Å². The minimum atomic E-state index is 0.287. The number of hydrogen-bond acceptors (Lipinski definition) is 3. The SMILES string of the molecule is CCCOCCOCN. The molecule has 0 atom stereocenters. The Morgan fingerprint density at radius 1 is 1.11 bits per heavy atom. The Labute approximate surface area is 56.1 Å². The molecule has 0 heterocycles. The van der Waals surface area contributed by atoms with Crippen molar-refractivity contribution in [3.63, 3.8) is 0 Å². The molecule has 9 heavy (non-hydrogen) atoms. The first-order valence-corrected chi connectivity index (χ1v) is 3.27. The Kier molecular flexibility index (Phi) is 7.77. The highest BCUT2D eigenvalue weighted by Gasteiger charge is 1.84. The van der Waals surface area contributed by atoms with Crippen LogP contribution in [0.25, 0.3) is 0 Å². The minimum absolute atomic E-state index is 0.287. The molecule has 0 rings (SSSR count). The fourth-order valence-corrected chi connectivity index (χ4v) is 0.448. The van der Waals surface area contributed by atoms with Crippen LogP contribution in [-0.2, 0) is 9.47 Å². The van der Waals surface area contributed by atoms with Crippen LogP contribution in [0, 0.1) is 0 Å². The van der Waals surface area contributed by atoms with Crippen molar-refractivity contribution in [2.45, 2.75) is 13.3 Å². The van der Waals surface area contributed by atoms with Gasteiger partial charge in [0.15, 0.2) is 0 Å². The van der Waals surface area contributed by atoms with Crippen LogP contribution in [0.5, 0.6) is 0 Å². The highest BCUT2D eigenvalue weighted by molar-refractivity contribution is 4.28. The highest BCUT2D eigenvalue weighted by atomic mass is 16.5. The van der Waals surface area contributed by atoms with Crippen molar-refractivity contribution in [2.24, 2.45) is 5.73 Å². The molecular weight excluding hydrogens is 118 g/mol. The number of rotatable bonds is 6. The second-order valence-electron chi connectivity index (χ2n) is 1.69. The largest absolute Gasteiger partial charge is 0.379 e. The molecule has 0 radical (unpaired) electrons. The summed E-state index contributed by atoms with van der Waals surface area (Å²) < 4.78 is 9.94. The summed E-state index contributed by atoms with van der Waals surface area (Å²) in [5.41, 5.74) is 5.07. The normalized spacial score (nSPS) is 10.0. The van der Waals surface area contributed by atoms with Crippen LogP contribution in [0.3, 0.4) is 0 Å². The van der Waals surface area contributed by atoms with E-state index in [1.54, 1.807) is 0 Å². The molecule has 0 spiro atoms. The van der Waals surface area contributed by atoms with Gasteiger partial charge in [0.05, 0.1) is 19.9 Å². The van der Waals surface area contributed by atoms with Crippen molar-refractivity contribution >= 4 is 0 Å². The summed E-state index contributed by atoms with van der Waals surface area (Å²) in [4.78, 5) is 0. The third kappa shape index (κ3) is 7.88. The molecule has 0 bridgehead atoms. The second-order valence-corrected chi connectivity index (χ2v) is 1.69. The van der Waals surface area contributed by atoms with Gasteiger partial charge in [0.1, 0.15) is 0 Å². The molecule has 0 aliphatic rings. The first-order valence-electron chi connectivity index (χ1n) is 3.27. The van der Waals surface area contributed by atoms with Gasteiger partial charge in [-0.1, -0.05) is 6.92 Å². The predicted octanol–water partition coefficient (Wildman–Crippen LogP) is 0.346. The minimum Gasteiger partial charge on any atom is -0.379 e. The summed E-state index contributed by atoms with van der Waals surface area (Å²) in [5, 5.41) is 0. The zero-order valence-corrected chi connectivity index (χ0v) is 5.93. The zero-order chi connectivity index (χ0) is 6.95. The van der Waals surface area contributed by atoms with Crippen molar-refractivity contribution in [1.29, 1.82) is 0 Å². The molecule has 0 saturated carbocycles. The molecular formula is C6H15NO2. The predicted molar refractivity (Wildman–Crippen MR) is 36.1 cm³/mol. The number of ether oxygens (including phenoxy) is 2. The molecule has 0 aromatic carbocycles. The molecule has 2 N–H and O–H groups in total. The standard InChI is InChI=1S/C6H15NO2/c1-2-3-8-4-5-9-6-7/h2-7H2,1H3. The molecule has 0 unspecified atom stereocenters. The van der Waals surface area contributed by atoms with Gasteiger partial charge < -0.3 is 15.2 Å². The number of hydrogen-bond donors (Lipinski definition) is 1. The van der Waals surface area contributed by atoms with Crippen molar-refractivity contribution in [3.05, 3.63) is 0 Å². The monoisotopic (exact) mass is 133 g/mol. The molecule has 0 saturated heterocycles. The summed E-state index contributed by atoms with van der Waals surface area (Å²) in [6.45, 7) is 4.44. The van der Waals surface area contributed by atoms with Gasteiger partial charge >= 0.3 is 0 Å². The quantitative estimate of drug-likeness (QED) is 0.420. The van der Waals surface area contributed by atoms with Gasteiger partial charge in [0, 0.05) is 6.61 Å². The van der Waals surface area contributed by atoms with E-state index in [0.29, 0.717) is 13.2 Å². The maximum Gasteiger partial charge on any atom is 0.0941 e. The highest BCUT2D eigenvalue weighted by Crippen LogP contribution is 1.79. The molecule has 0 amide bonds. The van der Waals surface area contributed by atoms with E-state index in [2.05, 4.69) is 6.92 Å². The topological polar surface area (TPSA) is 44.5 Å². The Hall–Kier alpha value is -0.120. The summed E-state index contributed by atoms with van der Waals surface area (Å²) in [5.74, 6) is 0. The molecule has 0 fully saturated rings. The summed E-state index contributed by atoms with van der Waals surface area (Å²) in [7, 11) is 0. The Balaban J connectivity index is 2.60. The van der Waals surface area contributed by atoms with Crippen LogP contribution in [0.4, 0.5) is 0 Å². The summed E-state index contributed by atoms with van der Waals surface area (Å²) in [6, 6.07) is 0. The van der Waals surface area contributed by atoms with Crippen molar-refractivity contribution in [3.8, 4) is 0 Å². The van der Waals surface area contributed by atoms with Crippen LogP contribution < -0.4 is 5.73 Å². The van der Waals surface area contributed by atoms with Gasteiger partial charge in [-0.3, -0.25) is 0 Å². The maximum absolute atomic E-state index is 5.10. The molecule has 56 valence electrons. The van der Waals surface area contributed by atoms with Crippen molar-refractivity contribution < 1.29 is 9.47 Å². The van der Waals surface area contributed by atoms with Crippen LogP contribution in [0.2, 0.25) is 0 Å². The Morgan fingerprint density at radius 2 is 1.78 bits per heavy atom. The Bertz CT molecular complexity index is 44.3. The lowest BCUT2D eigenvalue weighted by Crippen LogP contribution is -2.10. The fourth-order valence-electron chi connectivity index (χ4n) is 0.448. The lowest BCUT2D eigenvalue weighted by Gasteiger charge is -2.00. The van der Waals surface area contributed by atoms with Gasteiger partial charge in [0.25, 0.3) is 0 Å². The van der Waals surface area contributed by atoms with Gasteiger partial charge in [-0.25, -0.2) is 0 Å². The Morgan fingerprint density at radius 3 is 2.33 bits per heavy atom. The summed E-state index contributed by atoms with van der Waals surface area (Å²) in [6.07, 6.45) is 1.06. The van der Waals surface area contributed by atoms with Crippen LogP contribution >= 0.6 is 0 Å². The molecule has 0 aromatic rings. The van der Waals surface area contributed by atoms with E-state index in [9.17, 15) is 0 Å². The lowest BCUT2D eigenvalue weighted by molar-refractivity contribution is 0.0505. The van der Waals surface area contributed by atoms with E-state index in [0.717, 1.165) is 13.0 Å². The van der Waals surface area contributed by atoms with Crippen molar-refractivity contribution in [1.82, 2.24) is 0 Å². The lowest BCUT2D eigenvalue weighted by atomic mass is 10.5. The van der Waals surface area contributed by atoms with Crippen molar-refractivity contribution in [2.75, 3.05) is 26.6 Å². The van der Waals surface area contributed by atoms with Crippen LogP contribution in [-0.4, -0.2) is 26.6 Å². The first kappa shape index (κ1) is 8.88. The third-order valence-corrected chi connectivity index (χ3v) is 0.838. The maximum atomic E-state index is 5.10. The molecule has 0 aliphatic heterocycles. The van der Waals surface area contributed by atoms with E-state index in [-0.39, 0.29) is 6.73 Å². The van der Waals surface area contributed by atoms with Gasteiger partial charge in [-0.05, 0) is 6.42 Å².